The lowest BCUT2D eigenvalue weighted by Crippen LogP contribution is -2.31. The molecule has 0 saturated heterocycles. The molecule has 1 aliphatic rings. The number of carbonyl (C=O) groups is 1. The molecular weight excluding hydrogens is 226 g/mol. The van der Waals surface area contributed by atoms with E-state index >= 15 is 0 Å². The van der Waals surface area contributed by atoms with Crippen LogP contribution in [-0.4, -0.2) is 29.6 Å². The molecule has 1 N–H and O–H groups in total. The van der Waals surface area contributed by atoms with Gasteiger partial charge in [-0.15, -0.1) is 0 Å². The molecule has 1 aliphatic heterocycles. The Morgan fingerprint density at radius 2 is 2.38 bits per heavy atom. The van der Waals surface area contributed by atoms with Gasteiger partial charge in [0.15, 0.2) is 0 Å². The summed E-state index contributed by atoms with van der Waals surface area (Å²) >= 11 is 5.95. The van der Waals surface area contributed by atoms with Crippen LogP contribution in [0.2, 0.25) is 5.02 Å². The molecule has 86 valence electrons. The molecule has 0 bridgehead atoms. The van der Waals surface area contributed by atoms with Crippen LogP contribution >= 0.6 is 11.6 Å². The van der Waals surface area contributed by atoms with E-state index in [0.29, 0.717) is 5.02 Å². The van der Waals surface area contributed by atoms with Crippen LogP contribution < -0.4 is 0 Å². The second kappa shape index (κ2) is 4.44. The summed E-state index contributed by atoms with van der Waals surface area (Å²) in [6.45, 7) is 1.64. The molecule has 0 radical (unpaired) electrons. The Bertz CT molecular complexity index is 419. The Labute approximate surface area is 99.6 Å². The van der Waals surface area contributed by atoms with Crippen LogP contribution in [0.3, 0.4) is 0 Å². The number of aliphatic carboxylic acids is 1. The highest BCUT2D eigenvalue weighted by Gasteiger charge is 2.25. The Hall–Kier alpha value is -1.06. The normalized spacial score (nSPS) is 20.5. The van der Waals surface area contributed by atoms with Gasteiger partial charge in [0.05, 0.1) is 6.42 Å². The number of nitrogens with zero attached hydrogens (tertiary/aromatic N) is 1. The van der Waals surface area contributed by atoms with Crippen LogP contribution in [0.25, 0.3) is 0 Å². The van der Waals surface area contributed by atoms with Crippen molar-refractivity contribution in [2.24, 2.45) is 0 Å². The molecule has 0 saturated carbocycles. The number of rotatable bonds is 2. The predicted octanol–water partition coefficient (Wildman–Crippen LogP) is 2.34. The molecule has 3 nitrogen and oxygen atoms in total. The van der Waals surface area contributed by atoms with Crippen LogP contribution in [0.5, 0.6) is 0 Å². The van der Waals surface area contributed by atoms with E-state index in [1.54, 1.807) is 0 Å². The van der Waals surface area contributed by atoms with Crippen LogP contribution in [0.15, 0.2) is 18.2 Å². The first-order chi connectivity index (χ1) is 7.56. The monoisotopic (exact) mass is 239 g/mol. The number of likely N-dealkylation sites (N-methyl/N-ethyl adjacent to an activating group) is 1. The Morgan fingerprint density at radius 3 is 3.06 bits per heavy atom. The first kappa shape index (κ1) is 11.4. The van der Waals surface area contributed by atoms with E-state index in [0.717, 1.165) is 18.7 Å². The van der Waals surface area contributed by atoms with Crippen molar-refractivity contribution in [3.8, 4) is 0 Å². The van der Waals surface area contributed by atoms with Gasteiger partial charge in [-0.25, -0.2) is 0 Å². The van der Waals surface area contributed by atoms with E-state index in [1.807, 2.05) is 25.2 Å². The molecule has 1 aromatic carbocycles. The van der Waals surface area contributed by atoms with Gasteiger partial charge in [0.1, 0.15) is 0 Å². The van der Waals surface area contributed by atoms with E-state index < -0.39 is 5.97 Å². The number of halogens is 1. The van der Waals surface area contributed by atoms with Crippen molar-refractivity contribution in [3.05, 3.63) is 34.3 Å². The van der Waals surface area contributed by atoms with Gasteiger partial charge in [0.2, 0.25) is 0 Å². The molecule has 0 aliphatic carbocycles. The summed E-state index contributed by atoms with van der Waals surface area (Å²) in [6.07, 6.45) is 0.164. The van der Waals surface area contributed by atoms with Crippen molar-refractivity contribution in [1.29, 1.82) is 0 Å². The smallest absolute Gasteiger partial charge is 0.304 e. The molecule has 16 heavy (non-hydrogen) atoms. The first-order valence-electron chi connectivity index (χ1n) is 5.25. The Morgan fingerprint density at radius 1 is 1.62 bits per heavy atom. The zero-order valence-electron chi connectivity index (χ0n) is 9.11. The van der Waals surface area contributed by atoms with Crippen LogP contribution in [-0.2, 0) is 11.3 Å². The molecule has 0 spiro atoms. The highest BCUT2D eigenvalue weighted by atomic mass is 35.5. The van der Waals surface area contributed by atoms with Gasteiger partial charge in [-0.1, -0.05) is 17.7 Å². The van der Waals surface area contributed by atoms with E-state index in [-0.39, 0.29) is 12.3 Å². The number of carboxylic acid groups (broad SMARTS) is 1. The third-order valence-electron chi connectivity index (χ3n) is 2.94. The van der Waals surface area contributed by atoms with Gasteiger partial charge in [0.25, 0.3) is 0 Å². The third-order valence-corrected chi connectivity index (χ3v) is 3.18. The van der Waals surface area contributed by atoms with Crippen molar-refractivity contribution in [1.82, 2.24) is 4.90 Å². The summed E-state index contributed by atoms with van der Waals surface area (Å²) < 4.78 is 0. The maximum atomic E-state index is 10.8. The highest BCUT2D eigenvalue weighted by Crippen LogP contribution is 2.31. The number of hydrogen-bond acceptors (Lipinski definition) is 2. The minimum absolute atomic E-state index is 0.0462. The highest BCUT2D eigenvalue weighted by molar-refractivity contribution is 6.30. The van der Waals surface area contributed by atoms with E-state index in [4.69, 9.17) is 16.7 Å². The van der Waals surface area contributed by atoms with Gasteiger partial charge in [-0.3, -0.25) is 4.79 Å². The minimum Gasteiger partial charge on any atom is -0.481 e. The maximum absolute atomic E-state index is 10.8. The fourth-order valence-electron chi connectivity index (χ4n) is 2.31. The lowest BCUT2D eigenvalue weighted by Gasteiger charge is -2.31. The number of carboxylic acids is 1. The molecule has 1 unspecified atom stereocenters. The van der Waals surface area contributed by atoms with E-state index in [1.165, 1.54) is 5.56 Å². The van der Waals surface area contributed by atoms with Crippen molar-refractivity contribution in [2.45, 2.75) is 18.9 Å². The van der Waals surface area contributed by atoms with Gasteiger partial charge >= 0.3 is 5.97 Å². The van der Waals surface area contributed by atoms with Crippen LogP contribution in [0.4, 0.5) is 0 Å². The summed E-state index contributed by atoms with van der Waals surface area (Å²) in [5, 5.41) is 9.57. The maximum Gasteiger partial charge on any atom is 0.304 e. The van der Waals surface area contributed by atoms with Gasteiger partial charge in [-0.2, -0.15) is 0 Å². The Kier molecular flexibility index (Phi) is 3.17. The van der Waals surface area contributed by atoms with Crippen LogP contribution in [0, 0.1) is 0 Å². The lowest BCUT2D eigenvalue weighted by atomic mass is 9.88. The van der Waals surface area contributed by atoms with Crippen molar-refractivity contribution >= 4 is 17.6 Å². The SMILES string of the molecule is CN1Cc2ccc(Cl)cc2C(CC(=O)O)C1. The van der Waals surface area contributed by atoms with E-state index in [2.05, 4.69) is 4.90 Å². The average molecular weight is 240 g/mol. The van der Waals surface area contributed by atoms with Gasteiger partial charge in [-0.05, 0) is 30.3 Å². The zero-order chi connectivity index (χ0) is 11.7. The summed E-state index contributed by atoms with van der Waals surface area (Å²) in [4.78, 5) is 13.0. The molecule has 4 heteroatoms. The second-order valence-corrected chi connectivity index (χ2v) is 4.77. The summed E-state index contributed by atoms with van der Waals surface area (Å²) in [5.41, 5.74) is 2.28. The van der Waals surface area contributed by atoms with Gasteiger partial charge < -0.3 is 10.0 Å². The standard InChI is InChI=1S/C12H14ClNO2/c1-14-6-8-2-3-10(13)5-11(8)9(7-14)4-12(15)16/h2-3,5,9H,4,6-7H2,1H3,(H,15,16). The fraction of sp³-hybridized carbons (Fsp3) is 0.417. The number of hydrogen-bond donors (Lipinski definition) is 1. The molecular formula is C12H14ClNO2. The molecule has 1 aromatic rings. The van der Waals surface area contributed by atoms with Crippen molar-refractivity contribution in [3.63, 3.8) is 0 Å². The van der Waals surface area contributed by atoms with Gasteiger partial charge in [0, 0.05) is 24.0 Å². The van der Waals surface area contributed by atoms with Crippen molar-refractivity contribution < 1.29 is 9.90 Å². The lowest BCUT2D eigenvalue weighted by molar-refractivity contribution is -0.137. The fourth-order valence-corrected chi connectivity index (χ4v) is 2.49. The predicted molar refractivity (Wildman–Crippen MR) is 62.8 cm³/mol. The quantitative estimate of drug-likeness (QED) is 0.861. The average Bonchev–Trinajstić information content (AvgIpc) is 2.18. The third kappa shape index (κ3) is 2.36. The minimum atomic E-state index is -0.758. The molecule has 1 atom stereocenters. The molecule has 0 fully saturated rings. The number of benzene rings is 1. The molecule has 0 amide bonds. The first-order valence-corrected chi connectivity index (χ1v) is 5.62. The zero-order valence-corrected chi connectivity index (χ0v) is 9.87. The Balaban J connectivity index is 2.35. The van der Waals surface area contributed by atoms with Crippen LogP contribution in [0.1, 0.15) is 23.5 Å². The topological polar surface area (TPSA) is 40.5 Å². The summed E-state index contributed by atoms with van der Waals surface area (Å²) in [5.74, 6) is -0.712. The largest absolute Gasteiger partial charge is 0.481 e. The second-order valence-electron chi connectivity index (χ2n) is 4.33. The summed E-state index contributed by atoms with van der Waals surface area (Å²) in [6, 6.07) is 5.75. The van der Waals surface area contributed by atoms with Crippen molar-refractivity contribution in [2.75, 3.05) is 13.6 Å². The number of fused-ring (bicyclic) bond motifs is 1. The molecule has 2 rings (SSSR count). The molecule has 1 heterocycles. The molecule has 0 aromatic heterocycles. The summed E-state index contributed by atoms with van der Waals surface area (Å²) in [7, 11) is 2.01. The van der Waals surface area contributed by atoms with E-state index in [9.17, 15) is 4.79 Å².